The van der Waals surface area contributed by atoms with Crippen molar-refractivity contribution in [3.63, 3.8) is 0 Å². The summed E-state index contributed by atoms with van der Waals surface area (Å²) in [5, 5.41) is 8.88. The Kier molecular flexibility index (Phi) is 5.24. The molecule has 0 aliphatic heterocycles. The van der Waals surface area contributed by atoms with E-state index in [1.165, 1.54) is 4.68 Å². The molecule has 0 aliphatic carbocycles. The molecular weight excluding hydrogens is 432 g/mol. The van der Waals surface area contributed by atoms with Crippen LogP contribution in [0.2, 0.25) is 0 Å². The average molecular weight is 453 g/mol. The second kappa shape index (κ2) is 7.83. The lowest BCUT2D eigenvalue weighted by Crippen LogP contribution is -2.33. The van der Waals surface area contributed by atoms with Crippen LogP contribution in [0.3, 0.4) is 0 Å². The van der Waals surface area contributed by atoms with E-state index in [9.17, 15) is 9.59 Å². The first kappa shape index (κ1) is 19.4. The molecule has 0 aliphatic rings. The number of hydrogen-bond acceptors (Lipinski definition) is 3. The Morgan fingerprint density at radius 3 is 2.72 bits per heavy atom. The van der Waals surface area contributed by atoms with Gasteiger partial charge in [0.25, 0.3) is 5.56 Å². The van der Waals surface area contributed by atoms with Crippen LogP contribution in [0, 0.1) is 0 Å². The number of aryl methyl sites for hydroxylation is 1. The first-order valence-corrected chi connectivity index (χ1v) is 10.3. The number of halogens is 1. The molecule has 0 saturated carbocycles. The van der Waals surface area contributed by atoms with Gasteiger partial charge in [0.1, 0.15) is 11.6 Å². The SMILES string of the molecule is CC[C@H](C(=O)NCc1cccc(Br)c1)n1c2ccccc2c2cnn(C)c(=O)c21. The summed E-state index contributed by atoms with van der Waals surface area (Å²) in [6.07, 6.45) is 2.26. The summed E-state index contributed by atoms with van der Waals surface area (Å²) >= 11 is 3.45. The third-order valence-corrected chi connectivity index (χ3v) is 5.66. The van der Waals surface area contributed by atoms with E-state index in [1.54, 1.807) is 13.2 Å². The molecule has 29 heavy (non-hydrogen) atoms. The fourth-order valence-electron chi connectivity index (χ4n) is 3.75. The van der Waals surface area contributed by atoms with Gasteiger partial charge in [-0.3, -0.25) is 9.59 Å². The minimum atomic E-state index is -0.500. The van der Waals surface area contributed by atoms with Gasteiger partial charge in [0.05, 0.1) is 11.7 Å². The van der Waals surface area contributed by atoms with E-state index in [2.05, 4.69) is 26.3 Å². The zero-order valence-corrected chi connectivity index (χ0v) is 17.8. The summed E-state index contributed by atoms with van der Waals surface area (Å²) in [6.45, 7) is 2.38. The Balaban J connectivity index is 1.79. The van der Waals surface area contributed by atoms with E-state index in [0.717, 1.165) is 26.3 Å². The van der Waals surface area contributed by atoms with Crippen LogP contribution < -0.4 is 10.9 Å². The number of hydrogen-bond donors (Lipinski definition) is 1. The smallest absolute Gasteiger partial charge is 0.291 e. The fourth-order valence-corrected chi connectivity index (χ4v) is 4.20. The number of nitrogens with zero attached hydrogens (tertiary/aromatic N) is 3. The minimum absolute atomic E-state index is 0.117. The fraction of sp³-hybridized carbons (Fsp3) is 0.227. The maximum Gasteiger partial charge on any atom is 0.291 e. The number of nitrogens with one attached hydrogen (secondary N) is 1. The molecule has 2 aromatic heterocycles. The second-order valence-electron chi connectivity index (χ2n) is 6.99. The number of carbonyl (C=O) groups excluding carboxylic acids is 1. The van der Waals surface area contributed by atoms with Crippen molar-refractivity contribution in [2.45, 2.75) is 25.9 Å². The third-order valence-electron chi connectivity index (χ3n) is 5.16. The van der Waals surface area contributed by atoms with Gasteiger partial charge in [-0.05, 0) is 30.2 Å². The molecule has 0 fully saturated rings. The molecule has 0 bridgehead atoms. The summed E-state index contributed by atoms with van der Waals surface area (Å²) in [7, 11) is 1.62. The van der Waals surface area contributed by atoms with Crippen molar-refractivity contribution >= 4 is 43.6 Å². The van der Waals surface area contributed by atoms with Gasteiger partial charge < -0.3 is 9.88 Å². The van der Waals surface area contributed by atoms with Crippen LogP contribution >= 0.6 is 15.9 Å². The maximum absolute atomic E-state index is 13.1. The highest BCUT2D eigenvalue weighted by Crippen LogP contribution is 2.30. The molecule has 4 aromatic rings. The molecule has 7 heteroatoms. The Labute approximate surface area is 176 Å². The Morgan fingerprint density at radius 2 is 1.97 bits per heavy atom. The number of aromatic nitrogens is 3. The zero-order chi connectivity index (χ0) is 20.5. The minimum Gasteiger partial charge on any atom is -0.350 e. The van der Waals surface area contributed by atoms with Gasteiger partial charge in [-0.15, -0.1) is 0 Å². The lowest BCUT2D eigenvalue weighted by Gasteiger charge is -2.19. The summed E-state index contributed by atoms with van der Waals surface area (Å²) in [4.78, 5) is 26.1. The highest BCUT2D eigenvalue weighted by Gasteiger charge is 2.25. The van der Waals surface area contributed by atoms with Crippen LogP contribution in [0.25, 0.3) is 21.8 Å². The molecule has 1 atom stereocenters. The van der Waals surface area contributed by atoms with E-state index in [-0.39, 0.29) is 11.5 Å². The van der Waals surface area contributed by atoms with E-state index >= 15 is 0 Å². The molecule has 2 heterocycles. The van der Waals surface area contributed by atoms with Crippen LogP contribution in [0.4, 0.5) is 0 Å². The molecule has 0 radical (unpaired) electrons. The molecule has 1 amide bonds. The molecule has 1 N–H and O–H groups in total. The molecule has 0 unspecified atom stereocenters. The van der Waals surface area contributed by atoms with Crippen molar-refractivity contribution < 1.29 is 4.79 Å². The van der Waals surface area contributed by atoms with E-state index in [4.69, 9.17) is 0 Å². The molecule has 0 saturated heterocycles. The van der Waals surface area contributed by atoms with E-state index in [1.807, 2.05) is 60.0 Å². The van der Waals surface area contributed by atoms with E-state index in [0.29, 0.717) is 18.5 Å². The Hall–Kier alpha value is -2.93. The number of benzene rings is 2. The van der Waals surface area contributed by atoms with Crippen molar-refractivity contribution in [1.82, 2.24) is 19.7 Å². The Morgan fingerprint density at radius 1 is 1.17 bits per heavy atom. The van der Waals surface area contributed by atoms with Crippen LogP contribution in [0.5, 0.6) is 0 Å². The first-order chi connectivity index (χ1) is 14.0. The highest BCUT2D eigenvalue weighted by atomic mass is 79.9. The van der Waals surface area contributed by atoms with Crippen molar-refractivity contribution in [3.05, 3.63) is 75.1 Å². The zero-order valence-electron chi connectivity index (χ0n) is 16.2. The molecule has 6 nitrogen and oxygen atoms in total. The largest absolute Gasteiger partial charge is 0.350 e. The molecule has 4 rings (SSSR count). The number of para-hydroxylation sites is 1. The summed E-state index contributed by atoms with van der Waals surface area (Å²) in [5.41, 5.74) is 2.16. The summed E-state index contributed by atoms with van der Waals surface area (Å²) in [6, 6.07) is 15.1. The normalized spacial score (nSPS) is 12.4. The maximum atomic E-state index is 13.1. The molecular formula is C22H21BrN4O2. The molecule has 2 aromatic carbocycles. The number of carbonyl (C=O) groups is 1. The quantitative estimate of drug-likeness (QED) is 0.498. The van der Waals surface area contributed by atoms with Crippen molar-refractivity contribution in [2.24, 2.45) is 7.05 Å². The van der Waals surface area contributed by atoms with Crippen molar-refractivity contribution in [3.8, 4) is 0 Å². The van der Waals surface area contributed by atoms with Gasteiger partial charge in [-0.1, -0.05) is 53.2 Å². The first-order valence-electron chi connectivity index (χ1n) is 9.48. The van der Waals surface area contributed by atoms with Crippen molar-refractivity contribution in [1.29, 1.82) is 0 Å². The van der Waals surface area contributed by atoms with Crippen LogP contribution in [0.15, 0.2) is 64.0 Å². The van der Waals surface area contributed by atoms with Gasteiger partial charge in [0.15, 0.2) is 0 Å². The number of fused-ring (bicyclic) bond motifs is 3. The lowest BCUT2D eigenvalue weighted by atomic mass is 10.1. The highest BCUT2D eigenvalue weighted by molar-refractivity contribution is 9.10. The van der Waals surface area contributed by atoms with Gasteiger partial charge >= 0.3 is 0 Å². The average Bonchev–Trinajstić information content (AvgIpc) is 3.05. The van der Waals surface area contributed by atoms with Gasteiger partial charge in [-0.2, -0.15) is 5.10 Å². The standard InChI is InChI=1S/C22H21BrN4O2/c1-3-18(21(28)24-12-14-7-6-8-15(23)11-14)27-19-10-5-4-9-16(19)17-13-25-26(2)22(29)20(17)27/h4-11,13,18H,3,12H2,1-2H3,(H,24,28)/t18-/m1/s1. The number of rotatable bonds is 5. The van der Waals surface area contributed by atoms with Crippen LogP contribution in [0.1, 0.15) is 24.9 Å². The molecule has 0 spiro atoms. The van der Waals surface area contributed by atoms with Gasteiger partial charge in [0, 0.05) is 28.8 Å². The predicted octanol–water partition coefficient (Wildman–Crippen LogP) is 3.92. The third kappa shape index (κ3) is 3.46. The second-order valence-corrected chi connectivity index (χ2v) is 7.91. The van der Waals surface area contributed by atoms with Gasteiger partial charge in [-0.25, -0.2) is 4.68 Å². The Bertz CT molecular complexity index is 1280. The van der Waals surface area contributed by atoms with Gasteiger partial charge in [0.2, 0.25) is 5.91 Å². The number of amides is 1. The van der Waals surface area contributed by atoms with Crippen LogP contribution in [-0.4, -0.2) is 20.3 Å². The summed E-state index contributed by atoms with van der Waals surface area (Å²) in [5.74, 6) is -0.117. The molecule has 148 valence electrons. The lowest BCUT2D eigenvalue weighted by molar-refractivity contribution is -0.124. The summed E-state index contributed by atoms with van der Waals surface area (Å²) < 4.78 is 4.14. The predicted molar refractivity (Wildman–Crippen MR) is 118 cm³/mol. The monoisotopic (exact) mass is 452 g/mol. The van der Waals surface area contributed by atoms with Crippen molar-refractivity contribution in [2.75, 3.05) is 0 Å². The van der Waals surface area contributed by atoms with Crippen LogP contribution in [-0.2, 0) is 18.4 Å². The topological polar surface area (TPSA) is 68.9 Å². The van der Waals surface area contributed by atoms with E-state index < -0.39 is 6.04 Å².